The van der Waals surface area contributed by atoms with Crippen molar-refractivity contribution in [2.45, 2.75) is 24.9 Å². The van der Waals surface area contributed by atoms with Gasteiger partial charge >= 0.3 is 20.3 Å². The van der Waals surface area contributed by atoms with Crippen LogP contribution < -0.4 is 20.8 Å². The number of phosphoric acid groups is 2. The molecular formula is C19H20N3O14P3-2. The SMILES string of the molecule is COCC(=O)O[C@H]1C[C@H](n2ccc(NC(=O)c3ccccc3)nc2=O)O[C@@H]1COP1OP(=O)([O-])OP(=O)([O-])O1. The third-order valence-electron chi connectivity index (χ3n) is 5.02. The average Bonchev–Trinajstić information content (AvgIpc) is 3.23. The predicted octanol–water partition coefficient (Wildman–Crippen LogP) is 0.585. The van der Waals surface area contributed by atoms with Crippen molar-refractivity contribution in [1.29, 1.82) is 0 Å². The Balaban J connectivity index is 1.45. The number of benzene rings is 1. The first-order chi connectivity index (χ1) is 18.4. The fraction of sp³-hybridized carbons (Fsp3) is 0.368. The molecule has 1 N–H and O–H groups in total. The van der Waals surface area contributed by atoms with Crippen LogP contribution in [0.1, 0.15) is 23.0 Å². The number of amides is 1. The highest BCUT2D eigenvalue weighted by Crippen LogP contribution is 2.73. The van der Waals surface area contributed by atoms with Crippen molar-refractivity contribution in [3.63, 3.8) is 0 Å². The third-order valence-corrected chi connectivity index (χ3v) is 9.65. The number of carbonyl (C=O) groups is 2. The molecule has 2 aliphatic heterocycles. The smallest absolute Gasteiger partial charge is 0.351 e. The molecule has 20 heteroatoms. The van der Waals surface area contributed by atoms with E-state index in [0.717, 1.165) is 4.57 Å². The summed E-state index contributed by atoms with van der Waals surface area (Å²) in [4.78, 5) is 63.9. The van der Waals surface area contributed by atoms with E-state index in [1.165, 1.54) is 19.4 Å². The molecule has 1 aromatic heterocycles. The van der Waals surface area contributed by atoms with Crippen molar-refractivity contribution < 1.29 is 60.2 Å². The van der Waals surface area contributed by atoms with E-state index in [0.29, 0.717) is 5.56 Å². The zero-order valence-corrected chi connectivity index (χ0v) is 22.5. The van der Waals surface area contributed by atoms with Gasteiger partial charge in [-0.15, -0.1) is 0 Å². The number of esters is 1. The van der Waals surface area contributed by atoms with Gasteiger partial charge in [-0.1, -0.05) is 18.2 Å². The topological polar surface area (TPSA) is 226 Å². The standard InChI is InChI=1S/C19H22N3O14P3/c1-30-11-17(23)33-13-9-16(32-14(13)10-31-37-34-38(26,27)36-39(28,29)35-37)22-8-7-15(21-19(22)25)20-18(24)12-5-3-2-4-6-12/h2-8,13-14,16H,9-11H2,1H3,(H,26,27)(H,28,29)(H,20,21,24,25)/p-2/t13-,14+,16+/m0/s1. The molecule has 0 spiro atoms. The van der Waals surface area contributed by atoms with E-state index < -0.39 is 73.5 Å². The second-order valence-electron chi connectivity index (χ2n) is 7.81. The molecule has 2 saturated heterocycles. The Kier molecular flexibility index (Phi) is 9.42. The molecule has 2 aliphatic rings. The summed E-state index contributed by atoms with van der Waals surface area (Å²) in [5.74, 6) is -1.28. The van der Waals surface area contributed by atoms with Gasteiger partial charge in [0.15, 0.2) is 0 Å². The number of ether oxygens (including phenoxy) is 3. The van der Waals surface area contributed by atoms with Crippen LogP contribution in [0, 0.1) is 0 Å². The highest BCUT2D eigenvalue weighted by atomic mass is 31.3. The summed E-state index contributed by atoms with van der Waals surface area (Å²) in [7, 11) is -12.2. The van der Waals surface area contributed by atoms with Crippen LogP contribution in [0.5, 0.6) is 0 Å². The fourth-order valence-electron chi connectivity index (χ4n) is 3.46. The molecule has 1 aromatic carbocycles. The molecule has 4 rings (SSSR count). The van der Waals surface area contributed by atoms with Crippen molar-refractivity contribution in [2.75, 3.05) is 25.6 Å². The number of hydrogen-bond donors (Lipinski definition) is 1. The lowest BCUT2D eigenvalue weighted by atomic mass is 10.2. The van der Waals surface area contributed by atoms with E-state index in [9.17, 15) is 33.3 Å². The minimum Gasteiger partial charge on any atom is -0.756 e. The van der Waals surface area contributed by atoms with Gasteiger partial charge in [-0.2, -0.15) is 4.98 Å². The Morgan fingerprint density at radius 1 is 1.18 bits per heavy atom. The van der Waals surface area contributed by atoms with E-state index >= 15 is 0 Å². The molecule has 212 valence electrons. The molecule has 2 unspecified atom stereocenters. The summed E-state index contributed by atoms with van der Waals surface area (Å²) in [6.45, 7) is -0.971. The maximum absolute atomic E-state index is 12.7. The van der Waals surface area contributed by atoms with Crippen LogP contribution in [0.25, 0.3) is 0 Å². The summed E-state index contributed by atoms with van der Waals surface area (Å²) in [6, 6.07) is 9.61. The largest absolute Gasteiger partial charge is 0.756 e. The Morgan fingerprint density at radius 2 is 1.87 bits per heavy atom. The Hall–Kier alpha value is -2.39. The molecule has 39 heavy (non-hydrogen) atoms. The first kappa shape index (κ1) is 29.6. The molecule has 0 saturated carbocycles. The lowest BCUT2D eigenvalue weighted by Crippen LogP contribution is -2.32. The van der Waals surface area contributed by atoms with Crippen molar-refractivity contribution >= 4 is 41.9 Å². The molecule has 1 amide bonds. The highest BCUT2D eigenvalue weighted by molar-refractivity contribution is 7.71. The van der Waals surface area contributed by atoms with E-state index in [1.54, 1.807) is 30.3 Å². The number of nitrogens with zero attached hydrogens (tertiary/aromatic N) is 2. The summed E-state index contributed by atoms with van der Waals surface area (Å²) in [6.07, 6.45) is -2.00. The van der Waals surface area contributed by atoms with Crippen molar-refractivity contribution in [2.24, 2.45) is 0 Å². The van der Waals surface area contributed by atoms with Crippen molar-refractivity contribution in [1.82, 2.24) is 9.55 Å². The molecule has 2 aromatic rings. The molecule has 3 heterocycles. The maximum atomic E-state index is 12.7. The fourth-order valence-corrected chi connectivity index (χ4v) is 7.55. The molecule has 0 bridgehead atoms. The molecule has 2 fully saturated rings. The van der Waals surface area contributed by atoms with Gasteiger partial charge in [-0.25, -0.2) is 22.5 Å². The molecule has 0 aliphatic carbocycles. The normalized spacial score (nSPS) is 30.5. The maximum Gasteiger partial charge on any atom is 0.351 e. The van der Waals surface area contributed by atoms with Gasteiger partial charge in [0.05, 0.1) is 6.61 Å². The van der Waals surface area contributed by atoms with E-state index in [1.807, 2.05) is 0 Å². The van der Waals surface area contributed by atoms with Crippen molar-refractivity contribution in [3.05, 3.63) is 58.6 Å². The van der Waals surface area contributed by atoms with Gasteiger partial charge in [-0.05, 0) is 18.2 Å². The van der Waals surface area contributed by atoms with E-state index in [4.69, 9.17) is 18.7 Å². The number of nitrogens with one attached hydrogen (secondary N) is 1. The lowest BCUT2D eigenvalue weighted by Gasteiger charge is -2.38. The minimum absolute atomic E-state index is 0.0215. The van der Waals surface area contributed by atoms with Gasteiger partial charge in [0.1, 0.15) is 30.9 Å². The first-order valence-electron chi connectivity index (χ1n) is 10.9. The zero-order chi connectivity index (χ0) is 28.2. The van der Waals surface area contributed by atoms with Crippen LogP contribution in [-0.2, 0) is 45.6 Å². The summed E-state index contributed by atoms with van der Waals surface area (Å²) >= 11 is 0. The second-order valence-corrected chi connectivity index (χ2v) is 12.3. The van der Waals surface area contributed by atoms with E-state index in [2.05, 4.69) is 23.2 Å². The van der Waals surface area contributed by atoms with Gasteiger partial charge in [0, 0.05) is 25.3 Å². The monoisotopic (exact) mass is 607 g/mol. The quantitative estimate of drug-likeness (QED) is 0.304. The Morgan fingerprint density at radius 3 is 2.51 bits per heavy atom. The number of hydrogen-bond acceptors (Lipinski definition) is 15. The van der Waals surface area contributed by atoms with Gasteiger partial charge in [-0.3, -0.25) is 18.5 Å². The molecule has 5 atom stereocenters. The first-order valence-corrected chi connectivity index (χ1v) is 14.9. The highest BCUT2D eigenvalue weighted by Gasteiger charge is 2.42. The summed E-state index contributed by atoms with van der Waals surface area (Å²) in [5.41, 5.74) is -0.457. The number of aromatic nitrogens is 2. The minimum atomic E-state index is -5.25. The van der Waals surface area contributed by atoms with Crippen LogP contribution in [0.15, 0.2) is 47.4 Å². The summed E-state index contributed by atoms with van der Waals surface area (Å²) < 4.78 is 57.4. The van der Waals surface area contributed by atoms with Gasteiger partial charge < -0.3 is 33.8 Å². The zero-order valence-electron chi connectivity index (χ0n) is 19.8. The number of methoxy groups -OCH3 is 1. The second kappa shape index (κ2) is 12.4. The number of anilines is 1. The lowest BCUT2D eigenvalue weighted by molar-refractivity contribution is -0.240. The average molecular weight is 607 g/mol. The van der Waals surface area contributed by atoms with Crippen LogP contribution in [0.3, 0.4) is 0 Å². The van der Waals surface area contributed by atoms with Gasteiger partial charge in [0.25, 0.3) is 21.6 Å². The van der Waals surface area contributed by atoms with Crippen LogP contribution >= 0.6 is 24.2 Å². The van der Waals surface area contributed by atoms with Crippen molar-refractivity contribution in [3.8, 4) is 0 Å². The van der Waals surface area contributed by atoms with Gasteiger partial charge in [0.2, 0.25) is 0 Å². The Labute approximate surface area is 221 Å². The third kappa shape index (κ3) is 8.07. The van der Waals surface area contributed by atoms with Crippen LogP contribution in [0.4, 0.5) is 5.82 Å². The molecule has 17 nitrogen and oxygen atoms in total. The molecule has 0 radical (unpaired) electrons. The van der Waals surface area contributed by atoms with E-state index in [-0.39, 0.29) is 12.2 Å². The molecular weight excluding hydrogens is 587 g/mol. The summed E-state index contributed by atoms with van der Waals surface area (Å²) in [5, 5.41) is 2.50. The Bertz CT molecular complexity index is 1330. The van der Waals surface area contributed by atoms with Crippen LogP contribution in [-0.4, -0.2) is 54.0 Å². The predicted molar refractivity (Wildman–Crippen MR) is 125 cm³/mol. The number of rotatable bonds is 9. The number of carbonyl (C=O) groups excluding carboxylic acids is 2. The van der Waals surface area contributed by atoms with Crippen LogP contribution in [0.2, 0.25) is 0 Å².